The minimum atomic E-state index is -0.224. The summed E-state index contributed by atoms with van der Waals surface area (Å²) < 4.78 is 6.05. The highest BCUT2D eigenvalue weighted by Crippen LogP contribution is 2.29. The quantitative estimate of drug-likeness (QED) is 0.177. The van der Waals surface area contributed by atoms with Gasteiger partial charge in [-0.15, -0.1) is 0 Å². The zero-order chi connectivity index (χ0) is 34.0. The van der Waals surface area contributed by atoms with Crippen LogP contribution >= 0.6 is 0 Å². The van der Waals surface area contributed by atoms with E-state index in [1.807, 2.05) is 84.6 Å². The Balaban J connectivity index is 1.13. The Bertz CT molecular complexity index is 1700. The number of rotatable bonds is 11. The van der Waals surface area contributed by atoms with E-state index in [0.29, 0.717) is 53.9 Å². The molecule has 2 N–H and O–H groups in total. The van der Waals surface area contributed by atoms with E-state index in [1.54, 1.807) is 36.2 Å². The molecule has 1 fully saturated rings. The molecule has 0 aliphatic carbocycles. The maximum atomic E-state index is 13.5. The van der Waals surface area contributed by atoms with Gasteiger partial charge in [0.25, 0.3) is 11.8 Å². The number of likely N-dealkylation sites (tertiary alicyclic amines) is 1. The van der Waals surface area contributed by atoms with Crippen LogP contribution in [0.15, 0.2) is 97.1 Å². The first kappa shape index (κ1) is 34.2. The average Bonchev–Trinajstić information content (AvgIpc) is 3.11. The van der Waals surface area contributed by atoms with Crippen molar-refractivity contribution in [1.29, 1.82) is 0 Å². The van der Waals surface area contributed by atoms with Gasteiger partial charge in [0.1, 0.15) is 5.75 Å². The fraction of sp³-hybridized carbons (Fsp3) is 0.308. The van der Waals surface area contributed by atoms with Gasteiger partial charge in [-0.05, 0) is 93.9 Å². The number of anilines is 2. The van der Waals surface area contributed by atoms with Crippen LogP contribution in [0.2, 0.25) is 0 Å². The van der Waals surface area contributed by atoms with Crippen LogP contribution in [-0.4, -0.2) is 81.1 Å². The van der Waals surface area contributed by atoms with Gasteiger partial charge in [-0.3, -0.25) is 9.59 Å². The number of amides is 4. The topological polar surface area (TPSA) is 94.2 Å². The summed E-state index contributed by atoms with van der Waals surface area (Å²) in [6, 6.07) is 30.4. The maximum Gasteiger partial charge on any atom is 0.317 e. The minimum Gasteiger partial charge on any atom is -0.491 e. The molecule has 48 heavy (non-hydrogen) atoms. The van der Waals surface area contributed by atoms with Crippen molar-refractivity contribution in [2.45, 2.75) is 32.2 Å². The monoisotopic (exact) mass is 647 g/mol. The first-order chi connectivity index (χ1) is 23.2. The van der Waals surface area contributed by atoms with Gasteiger partial charge in [-0.25, -0.2) is 4.79 Å². The largest absolute Gasteiger partial charge is 0.491 e. The third-order valence-electron chi connectivity index (χ3n) is 8.79. The summed E-state index contributed by atoms with van der Waals surface area (Å²) in [5.41, 5.74) is 5.25. The van der Waals surface area contributed by atoms with Crippen molar-refractivity contribution in [3.05, 3.63) is 114 Å². The van der Waals surface area contributed by atoms with Gasteiger partial charge in [-0.1, -0.05) is 60.2 Å². The van der Waals surface area contributed by atoms with E-state index >= 15 is 0 Å². The molecule has 0 bridgehead atoms. The normalized spacial score (nSPS) is 13.2. The van der Waals surface area contributed by atoms with E-state index in [9.17, 15) is 14.4 Å². The summed E-state index contributed by atoms with van der Waals surface area (Å²) in [6.45, 7) is 4.45. The number of nitrogens with one attached hydrogen (secondary N) is 2. The van der Waals surface area contributed by atoms with Crippen molar-refractivity contribution in [2.24, 2.45) is 0 Å². The molecule has 1 saturated heterocycles. The summed E-state index contributed by atoms with van der Waals surface area (Å²) in [5.74, 6) is 0.151. The lowest BCUT2D eigenvalue weighted by atomic mass is 9.98. The molecule has 1 aliphatic rings. The number of nitrogens with zero attached hydrogens (tertiary/aromatic N) is 3. The number of carbonyl (C=O) groups excluding carboxylic acids is 3. The number of hydrogen-bond acceptors (Lipinski definition) is 5. The maximum absolute atomic E-state index is 13.5. The molecule has 0 unspecified atom stereocenters. The van der Waals surface area contributed by atoms with E-state index in [2.05, 4.69) is 29.6 Å². The van der Waals surface area contributed by atoms with E-state index < -0.39 is 0 Å². The number of benzene rings is 4. The van der Waals surface area contributed by atoms with Crippen LogP contribution in [0.1, 0.15) is 45.5 Å². The van der Waals surface area contributed by atoms with Gasteiger partial charge in [0.2, 0.25) is 0 Å². The van der Waals surface area contributed by atoms with Crippen LogP contribution < -0.4 is 20.3 Å². The molecule has 1 aliphatic heterocycles. The van der Waals surface area contributed by atoms with E-state index in [1.165, 1.54) is 0 Å². The van der Waals surface area contributed by atoms with Crippen LogP contribution in [0.3, 0.4) is 0 Å². The number of hydrogen-bond donors (Lipinski definition) is 2. The Hall–Kier alpha value is -5.15. The van der Waals surface area contributed by atoms with Gasteiger partial charge < -0.3 is 30.1 Å². The molecule has 9 nitrogen and oxygen atoms in total. The molecule has 0 spiro atoms. The van der Waals surface area contributed by atoms with E-state index in [0.717, 1.165) is 42.6 Å². The molecule has 0 atom stereocenters. The number of carbonyl (C=O) groups is 3. The van der Waals surface area contributed by atoms with E-state index in [-0.39, 0.29) is 17.8 Å². The second-order valence-corrected chi connectivity index (χ2v) is 12.4. The fourth-order valence-electron chi connectivity index (χ4n) is 5.87. The summed E-state index contributed by atoms with van der Waals surface area (Å²) in [4.78, 5) is 45.0. The Kier molecular flexibility index (Phi) is 11.5. The Morgan fingerprint density at radius 3 is 2.21 bits per heavy atom. The first-order valence-electron chi connectivity index (χ1n) is 16.5. The molecule has 0 radical (unpaired) electrons. The molecule has 1 heterocycles. The molecule has 5 rings (SSSR count). The number of piperidine rings is 1. The molecule has 4 amide bonds. The third-order valence-corrected chi connectivity index (χ3v) is 8.79. The van der Waals surface area contributed by atoms with Crippen molar-refractivity contribution >= 4 is 29.2 Å². The predicted molar refractivity (Wildman–Crippen MR) is 192 cm³/mol. The molecule has 4 aromatic rings. The number of aryl methyl sites for hydroxylation is 1. The summed E-state index contributed by atoms with van der Waals surface area (Å²) in [7, 11) is 5.88. The zero-order valence-corrected chi connectivity index (χ0v) is 28.2. The van der Waals surface area contributed by atoms with Crippen molar-refractivity contribution in [3.63, 3.8) is 0 Å². The predicted octanol–water partition coefficient (Wildman–Crippen LogP) is 6.70. The van der Waals surface area contributed by atoms with Crippen molar-refractivity contribution in [1.82, 2.24) is 15.1 Å². The van der Waals surface area contributed by atoms with Crippen LogP contribution in [0.25, 0.3) is 11.1 Å². The SMILES string of the molecule is Cc1ccc(-c2ccccc2C(=O)Nc2ccc(C(=O)N(C)c3ccccc3OCCCNC(=O)N3CCC(N(C)C)CC3)cc2)cc1. The van der Waals surface area contributed by atoms with Gasteiger partial charge in [0.05, 0.1) is 12.3 Å². The highest BCUT2D eigenvalue weighted by atomic mass is 16.5. The van der Waals surface area contributed by atoms with Crippen molar-refractivity contribution < 1.29 is 19.1 Å². The van der Waals surface area contributed by atoms with Gasteiger partial charge in [-0.2, -0.15) is 0 Å². The minimum absolute atomic E-state index is 0.0319. The molecule has 0 aromatic heterocycles. The van der Waals surface area contributed by atoms with Gasteiger partial charge >= 0.3 is 6.03 Å². The zero-order valence-electron chi connectivity index (χ0n) is 28.2. The fourth-order valence-corrected chi connectivity index (χ4v) is 5.87. The lowest BCUT2D eigenvalue weighted by Gasteiger charge is -2.35. The molecule has 9 heteroatoms. The number of para-hydroxylation sites is 2. The third kappa shape index (κ3) is 8.60. The average molecular weight is 648 g/mol. The van der Waals surface area contributed by atoms with Crippen LogP contribution in [0, 0.1) is 6.92 Å². The molecule has 4 aromatic carbocycles. The van der Waals surface area contributed by atoms with Crippen molar-refractivity contribution in [2.75, 3.05) is 57.6 Å². The van der Waals surface area contributed by atoms with Gasteiger partial charge in [0.15, 0.2) is 0 Å². The summed E-state index contributed by atoms with van der Waals surface area (Å²) >= 11 is 0. The summed E-state index contributed by atoms with van der Waals surface area (Å²) in [6.07, 6.45) is 2.60. The highest BCUT2D eigenvalue weighted by Gasteiger charge is 2.23. The van der Waals surface area contributed by atoms with Crippen LogP contribution in [0.5, 0.6) is 5.75 Å². The van der Waals surface area contributed by atoms with Crippen molar-refractivity contribution in [3.8, 4) is 16.9 Å². The number of urea groups is 1. The Morgan fingerprint density at radius 1 is 0.833 bits per heavy atom. The Labute approximate surface area is 283 Å². The Morgan fingerprint density at radius 2 is 1.50 bits per heavy atom. The second-order valence-electron chi connectivity index (χ2n) is 12.4. The standard InChI is InChI=1S/C39H45N5O4/c1-28-14-16-29(17-15-28)33-10-5-6-11-34(33)37(45)41-31-20-18-30(19-21-31)38(46)43(4)35-12-7-8-13-36(35)48-27-9-24-40-39(47)44-25-22-32(23-26-44)42(2)3/h5-8,10-21,32H,9,22-27H2,1-4H3,(H,40,47)(H,41,45). The molecule has 0 saturated carbocycles. The summed E-state index contributed by atoms with van der Waals surface area (Å²) in [5, 5.41) is 5.97. The molecular weight excluding hydrogens is 602 g/mol. The lowest BCUT2D eigenvalue weighted by molar-refractivity contribution is 0.0990. The highest BCUT2D eigenvalue weighted by molar-refractivity contribution is 6.09. The van der Waals surface area contributed by atoms with Crippen LogP contribution in [-0.2, 0) is 0 Å². The molecule has 250 valence electrons. The van der Waals surface area contributed by atoms with Gasteiger partial charge in [0, 0.05) is 49.5 Å². The van der Waals surface area contributed by atoms with E-state index in [4.69, 9.17) is 4.74 Å². The number of ether oxygens (including phenoxy) is 1. The smallest absolute Gasteiger partial charge is 0.317 e. The lowest BCUT2D eigenvalue weighted by Crippen LogP contribution is -2.48. The molecular formula is C39H45N5O4. The first-order valence-corrected chi connectivity index (χ1v) is 16.5. The second kappa shape index (κ2) is 16.1. The van der Waals surface area contributed by atoms with Crippen LogP contribution in [0.4, 0.5) is 16.2 Å².